The van der Waals surface area contributed by atoms with Crippen LogP contribution in [0.3, 0.4) is 0 Å². The van der Waals surface area contributed by atoms with Crippen molar-refractivity contribution in [2.45, 2.75) is 0 Å². The Morgan fingerprint density at radius 2 is 1.45 bits per heavy atom. The summed E-state index contributed by atoms with van der Waals surface area (Å²) in [6.07, 6.45) is -3.67. The Labute approximate surface area is 72.2 Å². The molecule has 0 amide bonds. The van der Waals surface area contributed by atoms with Gasteiger partial charge in [0, 0.05) is 0 Å². The maximum absolute atomic E-state index is 10.1. The van der Waals surface area contributed by atoms with E-state index in [-0.39, 0.29) is 0 Å². The summed E-state index contributed by atoms with van der Waals surface area (Å²) < 4.78 is 22.0. The molecule has 0 rings (SSSR count). The van der Waals surface area contributed by atoms with Crippen LogP contribution < -0.4 is 0 Å². The van der Waals surface area contributed by atoms with Gasteiger partial charge in [-0.05, 0) is 6.58 Å². The van der Waals surface area contributed by atoms with Crippen LogP contribution in [-0.4, -0.2) is 34.1 Å². The molecule has 0 aliphatic heterocycles. The number of hydrogen-bond donors (Lipinski definition) is 2. The molecule has 3 nitrogen and oxygen atoms in total. The summed E-state index contributed by atoms with van der Waals surface area (Å²) in [6.45, 7) is 5.58. The summed E-state index contributed by atoms with van der Waals surface area (Å²) in [6, 6.07) is 0. The van der Waals surface area contributed by atoms with Gasteiger partial charge >= 0.3 is 35.2 Å². The van der Waals surface area contributed by atoms with E-state index in [1.807, 2.05) is 17.7 Å². The van der Waals surface area contributed by atoms with Crippen LogP contribution in [0.4, 0.5) is 13.6 Å². The van der Waals surface area contributed by atoms with E-state index in [1.165, 1.54) is 0 Å². The maximum atomic E-state index is 10.1. The van der Waals surface area contributed by atoms with Gasteiger partial charge in [0.1, 0.15) is 0 Å². The molecule has 11 heavy (non-hydrogen) atoms. The van der Waals surface area contributed by atoms with Crippen molar-refractivity contribution < 1.29 is 23.8 Å². The van der Waals surface area contributed by atoms with Crippen molar-refractivity contribution in [2.24, 2.45) is 0 Å². The molecule has 0 aromatic carbocycles. The summed E-state index contributed by atoms with van der Waals surface area (Å²) in [5.41, 5.74) is 0. The number of carboxylic acid groups (broad SMARTS) is 2. The molecule has 0 aliphatic carbocycles. The first-order valence-electron chi connectivity index (χ1n) is 2.37. The van der Waals surface area contributed by atoms with Crippen LogP contribution >= 0.6 is 0 Å². The third-order valence-corrected chi connectivity index (χ3v) is 0. The molecule has 0 saturated heterocycles. The van der Waals surface area contributed by atoms with Gasteiger partial charge in [0.05, 0.1) is 0 Å². The van der Waals surface area contributed by atoms with Gasteiger partial charge in [0.25, 0.3) is 6.08 Å². The quantitative estimate of drug-likeness (QED) is 0.532. The van der Waals surface area contributed by atoms with E-state index in [2.05, 4.69) is 13.2 Å². The molecule has 60 valence electrons. The van der Waals surface area contributed by atoms with Gasteiger partial charge in [-0.3, -0.25) is 0 Å². The van der Waals surface area contributed by atoms with E-state index < -0.39 is 12.2 Å². The van der Waals surface area contributed by atoms with Crippen LogP contribution in [-0.2, 0) is 0 Å². The zero-order valence-electron chi connectivity index (χ0n) is 6.05. The van der Waals surface area contributed by atoms with E-state index in [0.29, 0.717) is 0 Å². The first kappa shape index (κ1) is 16.7. The van der Waals surface area contributed by atoms with Gasteiger partial charge in [0.2, 0.25) is 0 Å². The summed E-state index contributed by atoms with van der Waals surface area (Å²) in [4.78, 5) is 8.56. The number of carbonyl (C=O) groups is 1. The average Bonchev–Trinajstić information content (AvgIpc) is 1.60. The molecule has 0 aromatic rings. The Morgan fingerprint density at radius 3 is 1.45 bits per heavy atom. The Hall–Kier alpha value is -0.793. The first-order valence-corrected chi connectivity index (χ1v) is 2.37. The van der Waals surface area contributed by atoms with Gasteiger partial charge in [-0.15, -0.1) is 0 Å². The van der Waals surface area contributed by atoms with E-state index in [0.717, 1.165) is 0 Å². The van der Waals surface area contributed by atoms with Gasteiger partial charge in [-0.2, -0.15) is 8.78 Å². The van der Waals surface area contributed by atoms with Crippen molar-refractivity contribution in [1.82, 2.24) is 0 Å². The topological polar surface area (TPSA) is 57.5 Å². The summed E-state index contributed by atoms with van der Waals surface area (Å²) in [7, 11) is 0. The fourth-order valence-corrected chi connectivity index (χ4v) is 0. The predicted octanol–water partition coefficient (Wildman–Crippen LogP) is 1.92. The molecule has 0 unspecified atom stereocenters. The Balaban J connectivity index is -0.0000000886. The van der Waals surface area contributed by atoms with Crippen molar-refractivity contribution in [3.63, 3.8) is 0 Å². The van der Waals surface area contributed by atoms with Gasteiger partial charge < -0.3 is 10.2 Å². The number of rotatable bonds is 0. The molecular weight excluding hydrogens is 153 g/mol. The molecule has 0 saturated carbocycles. The van der Waals surface area contributed by atoms with Crippen molar-refractivity contribution in [3.8, 4) is 0 Å². The van der Waals surface area contributed by atoms with Gasteiger partial charge in [-0.25, -0.2) is 4.79 Å². The zero-order valence-corrected chi connectivity index (χ0v) is 6.05. The van der Waals surface area contributed by atoms with E-state index in [1.54, 1.807) is 4.75 Å². The second-order valence-corrected chi connectivity index (χ2v) is 1.03. The Kier molecular flexibility index (Phi) is 24.4. The average molecular weight is 160 g/mol. The summed E-state index contributed by atoms with van der Waals surface area (Å²) in [5, 5.41) is 13.9. The van der Waals surface area contributed by atoms with Crippen LogP contribution in [0.15, 0.2) is 24.0 Å². The molecular formula is C5H7F2LiO3. The molecule has 0 radical (unpaired) electrons. The molecule has 0 fully saturated rings. The number of hydrogen-bond acceptors (Lipinski definition) is 1. The SMILES string of the molecule is C=C(F)F.O=C(O)O.[Li][CH]=C. The Bertz CT molecular complexity index is 107. The third kappa shape index (κ3) is 761. The molecule has 2 N–H and O–H groups in total. The van der Waals surface area contributed by atoms with Crippen LogP contribution in [0.1, 0.15) is 0 Å². The minimum atomic E-state index is -1.83. The van der Waals surface area contributed by atoms with Crippen molar-refractivity contribution in [3.05, 3.63) is 24.0 Å². The summed E-state index contributed by atoms with van der Waals surface area (Å²) in [5.74, 6) is 0. The van der Waals surface area contributed by atoms with Crippen molar-refractivity contribution in [1.29, 1.82) is 0 Å². The van der Waals surface area contributed by atoms with Crippen molar-refractivity contribution >= 4 is 23.9 Å². The van der Waals surface area contributed by atoms with Crippen LogP contribution in [0.25, 0.3) is 0 Å². The molecule has 0 spiro atoms. The fourth-order valence-electron chi connectivity index (χ4n) is 0. The van der Waals surface area contributed by atoms with Crippen LogP contribution in [0, 0.1) is 0 Å². The third-order valence-electron chi connectivity index (χ3n) is 0. The monoisotopic (exact) mass is 160 g/mol. The van der Waals surface area contributed by atoms with E-state index in [4.69, 9.17) is 15.0 Å². The Morgan fingerprint density at radius 1 is 1.45 bits per heavy atom. The van der Waals surface area contributed by atoms with Crippen molar-refractivity contribution in [2.75, 3.05) is 0 Å². The zero-order chi connectivity index (χ0) is 9.86. The fraction of sp³-hybridized carbons (Fsp3) is 0. The molecule has 6 heteroatoms. The van der Waals surface area contributed by atoms with E-state index in [9.17, 15) is 8.78 Å². The predicted molar refractivity (Wildman–Crippen MR) is 38.0 cm³/mol. The van der Waals surface area contributed by atoms with Crippen LogP contribution in [0.5, 0.6) is 0 Å². The number of halogens is 2. The van der Waals surface area contributed by atoms with E-state index >= 15 is 0 Å². The second-order valence-electron chi connectivity index (χ2n) is 1.03. The molecule has 0 bridgehead atoms. The summed E-state index contributed by atoms with van der Waals surface area (Å²) >= 11 is 1.89. The van der Waals surface area contributed by atoms with Gasteiger partial charge in [-0.1, -0.05) is 0 Å². The molecule has 0 heterocycles. The minimum absolute atomic E-state index is 1.75. The standard InChI is InChI=1S/C2H2F2.C2H3.CH2O3.Li/c1-2(3)4;1-2;2-1(3)4;/h1H2;1H,2H2;(H2,2,3,4);. The molecule has 0 aliphatic rings. The van der Waals surface area contributed by atoms with Crippen LogP contribution in [0.2, 0.25) is 0 Å². The second kappa shape index (κ2) is 16.1. The molecule has 0 aromatic heterocycles. The first-order chi connectivity index (χ1) is 4.88. The molecule has 0 atom stereocenters. The normalized spacial score (nSPS) is 5.82. The van der Waals surface area contributed by atoms with Gasteiger partial charge in [0.15, 0.2) is 0 Å².